The van der Waals surface area contributed by atoms with E-state index in [-0.39, 0.29) is 44.8 Å². The second kappa shape index (κ2) is 10.3. The van der Waals surface area contributed by atoms with Crippen LogP contribution in [0.3, 0.4) is 0 Å². The van der Waals surface area contributed by atoms with E-state index in [4.69, 9.17) is 11.6 Å². The van der Waals surface area contributed by atoms with Crippen molar-refractivity contribution in [2.24, 2.45) is 4.99 Å². The predicted molar refractivity (Wildman–Crippen MR) is 146 cm³/mol. The molecule has 0 atom stereocenters. The van der Waals surface area contributed by atoms with Gasteiger partial charge in [0.05, 0.1) is 51.3 Å². The van der Waals surface area contributed by atoms with Crippen LogP contribution in [0.4, 0.5) is 0 Å². The second-order valence-corrected chi connectivity index (χ2v) is 9.66. The number of aromatic carboxylic acids is 4. The molecule has 3 aromatic carbocycles. The van der Waals surface area contributed by atoms with Crippen LogP contribution < -0.4 is 0 Å². The van der Waals surface area contributed by atoms with E-state index in [1.165, 1.54) is 24.3 Å². The molecule has 13 heteroatoms. The zero-order valence-electron chi connectivity index (χ0n) is 21.0. The molecule has 0 aliphatic carbocycles. The Morgan fingerprint density at radius 1 is 0.690 bits per heavy atom. The van der Waals surface area contributed by atoms with E-state index in [0.29, 0.717) is 10.6 Å². The number of carbonyl (C=O) groups is 5. The van der Waals surface area contributed by atoms with Gasteiger partial charge in [-0.25, -0.2) is 24.2 Å². The third-order valence-electron chi connectivity index (χ3n) is 6.55. The molecule has 0 fully saturated rings. The van der Waals surface area contributed by atoms with Crippen molar-refractivity contribution in [1.82, 2.24) is 4.57 Å². The summed E-state index contributed by atoms with van der Waals surface area (Å²) in [5.41, 5.74) is -1.37. The van der Waals surface area contributed by atoms with Crippen LogP contribution in [0.15, 0.2) is 65.7 Å². The molecule has 12 nitrogen and oxygen atoms in total. The Morgan fingerprint density at radius 2 is 1.17 bits per heavy atom. The van der Waals surface area contributed by atoms with E-state index >= 15 is 0 Å². The number of rotatable bonds is 8. The number of carboxylic acids is 4. The standard InChI is InChI=1S/C29H17ClN2O10/c30-19-3-1-13(2-4-19)22-20-21(24(33)31-22)23(14-7-17(28(39)40)10-18(8-14)29(41)42)32(25(20)34)11-12-5-15(26(35)36)9-16(6-12)27(37)38/h1-10,34H,11H2,(H,35,36)(H,37,38)(H,39,40)(H,41,42). The molecular weight excluding hydrogens is 572 g/mol. The number of nitrogens with zero attached hydrogens (tertiary/aromatic N) is 2. The third kappa shape index (κ3) is 4.86. The lowest BCUT2D eigenvalue weighted by Gasteiger charge is -2.15. The van der Waals surface area contributed by atoms with E-state index in [9.17, 15) is 49.5 Å². The minimum atomic E-state index is -1.46. The van der Waals surface area contributed by atoms with Gasteiger partial charge >= 0.3 is 23.9 Å². The molecule has 2 heterocycles. The number of aromatic hydroxyl groups is 1. The van der Waals surface area contributed by atoms with E-state index in [1.807, 2.05) is 0 Å². The van der Waals surface area contributed by atoms with Crippen LogP contribution in [-0.2, 0) is 6.54 Å². The molecule has 5 rings (SSSR count). The Morgan fingerprint density at radius 3 is 1.64 bits per heavy atom. The number of carbonyl (C=O) groups excluding carboxylic acids is 1. The van der Waals surface area contributed by atoms with Crippen molar-refractivity contribution in [3.8, 4) is 17.1 Å². The molecule has 210 valence electrons. The summed E-state index contributed by atoms with van der Waals surface area (Å²) in [7, 11) is 0. The summed E-state index contributed by atoms with van der Waals surface area (Å²) in [5.74, 6) is -7.08. The lowest BCUT2D eigenvalue weighted by molar-refractivity contribution is 0.0676. The van der Waals surface area contributed by atoms with E-state index < -0.39 is 53.3 Å². The highest BCUT2D eigenvalue weighted by atomic mass is 35.5. The van der Waals surface area contributed by atoms with Gasteiger partial charge in [0.1, 0.15) is 0 Å². The summed E-state index contributed by atoms with van der Waals surface area (Å²) in [4.78, 5) is 64.5. The van der Waals surface area contributed by atoms with Crippen molar-refractivity contribution in [1.29, 1.82) is 0 Å². The number of amides is 1. The van der Waals surface area contributed by atoms with Crippen LogP contribution in [0.5, 0.6) is 5.88 Å². The zero-order chi connectivity index (χ0) is 30.5. The number of aliphatic imine (C=N–C) groups is 1. The van der Waals surface area contributed by atoms with Gasteiger partial charge in [0.25, 0.3) is 5.91 Å². The van der Waals surface area contributed by atoms with Crippen LogP contribution in [0.25, 0.3) is 11.3 Å². The van der Waals surface area contributed by atoms with Gasteiger partial charge in [0.15, 0.2) is 0 Å². The molecule has 1 aromatic heterocycles. The van der Waals surface area contributed by atoms with Gasteiger partial charge in [-0.3, -0.25) is 4.79 Å². The summed E-state index contributed by atoms with van der Waals surface area (Å²) in [6.45, 7) is -0.392. The molecule has 1 aliphatic heterocycles. The highest BCUT2D eigenvalue weighted by Gasteiger charge is 2.37. The van der Waals surface area contributed by atoms with E-state index in [1.54, 1.807) is 12.1 Å². The summed E-state index contributed by atoms with van der Waals surface area (Å²) in [5, 5.41) is 50.2. The molecule has 42 heavy (non-hydrogen) atoms. The molecule has 1 amide bonds. The largest absolute Gasteiger partial charge is 0.494 e. The van der Waals surface area contributed by atoms with Crippen molar-refractivity contribution in [2.75, 3.05) is 0 Å². The molecule has 0 saturated heterocycles. The molecule has 0 spiro atoms. The van der Waals surface area contributed by atoms with Crippen LogP contribution >= 0.6 is 11.6 Å². The third-order valence-corrected chi connectivity index (χ3v) is 6.80. The molecule has 0 unspecified atom stereocenters. The van der Waals surface area contributed by atoms with Crippen molar-refractivity contribution >= 4 is 47.1 Å². The Hall–Kier alpha value is -5.75. The van der Waals surface area contributed by atoms with E-state index in [0.717, 1.165) is 28.8 Å². The maximum Gasteiger partial charge on any atom is 0.335 e. The van der Waals surface area contributed by atoms with Crippen LogP contribution in [0.2, 0.25) is 5.02 Å². The number of hydrogen-bond donors (Lipinski definition) is 5. The van der Waals surface area contributed by atoms with Crippen LogP contribution in [0, 0.1) is 0 Å². The first-order chi connectivity index (χ1) is 19.8. The fraction of sp³-hybridized carbons (Fsp3) is 0.0345. The number of carboxylic acid groups (broad SMARTS) is 4. The topological polar surface area (TPSA) is 204 Å². The highest BCUT2D eigenvalue weighted by Crippen LogP contribution is 2.42. The minimum absolute atomic E-state index is 0.0391. The Kier molecular flexibility index (Phi) is 6.84. The zero-order valence-corrected chi connectivity index (χ0v) is 21.8. The summed E-state index contributed by atoms with van der Waals surface area (Å²) >= 11 is 5.99. The SMILES string of the molecule is O=C(O)c1cc(Cn2c(O)c3c(c2-c2cc(C(=O)O)cc(C(=O)O)c2)C(=O)N=C3c2ccc(Cl)cc2)cc(C(=O)O)c1. The highest BCUT2D eigenvalue weighted by molar-refractivity contribution is 6.32. The fourth-order valence-corrected chi connectivity index (χ4v) is 4.87. The number of aromatic nitrogens is 1. The first-order valence-electron chi connectivity index (χ1n) is 11.9. The number of fused-ring (bicyclic) bond motifs is 1. The van der Waals surface area contributed by atoms with Gasteiger partial charge in [-0.1, -0.05) is 23.7 Å². The Labute approximate surface area is 240 Å². The number of hydrogen-bond acceptors (Lipinski definition) is 6. The Bertz CT molecular complexity index is 1840. The van der Waals surface area contributed by atoms with Crippen molar-refractivity contribution in [3.05, 3.63) is 110 Å². The van der Waals surface area contributed by atoms with Gasteiger partial charge in [0, 0.05) is 16.1 Å². The van der Waals surface area contributed by atoms with Gasteiger partial charge < -0.3 is 30.1 Å². The molecule has 4 aromatic rings. The second-order valence-electron chi connectivity index (χ2n) is 9.22. The minimum Gasteiger partial charge on any atom is -0.494 e. The molecule has 1 aliphatic rings. The molecule has 5 N–H and O–H groups in total. The predicted octanol–water partition coefficient (Wildman–Crippen LogP) is 4.35. The lowest BCUT2D eigenvalue weighted by Crippen LogP contribution is -2.10. The quantitative estimate of drug-likeness (QED) is 0.197. The van der Waals surface area contributed by atoms with E-state index in [2.05, 4.69) is 4.99 Å². The fourth-order valence-electron chi connectivity index (χ4n) is 4.75. The summed E-state index contributed by atoms with van der Waals surface area (Å²) in [6, 6.07) is 12.7. The van der Waals surface area contributed by atoms with Gasteiger partial charge in [-0.15, -0.1) is 0 Å². The lowest BCUT2D eigenvalue weighted by atomic mass is 9.97. The molecule has 0 radical (unpaired) electrons. The molecular formula is C29H17ClN2O10. The monoisotopic (exact) mass is 588 g/mol. The van der Waals surface area contributed by atoms with Gasteiger partial charge in [0.2, 0.25) is 5.88 Å². The van der Waals surface area contributed by atoms with Crippen molar-refractivity contribution in [2.45, 2.75) is 6.54 Å². The average molecular weight is 589 g/mol. The summed E-state index contributed by atoms with van der Waals surface area (Å²) in [6.07, 6.45) is 0. The smallest absolute Gasteiger partial charge is 0.335 e. The normalized spacial score (nSPS) is 12.1. The average Bonchev–Trinajstić information content (AvgIpc) is 3.42. The Balaban J connectivity index is 1.81. The van der Waals surface area contributed by atoms with Gasteiger partial charge in [-0.05, 0) is 54.1 Å². The first-order valence-corrected chi connectivity index (χ1v) is 12.3. The van der Waals surface area contributed by atoms with Crippen LogP contribution in [-0.4, -0.2) is 65.6 Å². The van der Waals surface area contributed by atoms with Crippen molar-refractivity contribution in [3.63, 3.8) is 0 Å². The summed E-state index contributed by atoms with van der Waals surface area (Å²) < 4.78 is 1.15. The number of halogens is 1. The van der Waals surface area contributed by atoms with Crippen LogP contribution in [0.1, 0.15) is 68.5 Å². The maximum atomic E-state index is 13.3. The van der Waals surface area contributed by atoms with Gasteiger partial charge in [-0.2, -0.15) is 0 Å². The number of benzene rings is 3. The molecule has 0 bridgehead atoms. The first kappa shape index (κ1) is 27.8. The van der Waals surface area contributed by atoms with Crippen molar-refractivity contribution < 1.29 is 49.5 Å². The molecule has 0 saturated carbocycles. The maximum absolute atomic E-state index is 13.3.